The van der Waals surface area contributed by atoms with E-state index in [1.165, 1.54) is 0 Å². The zero-order valence-electron chi connectivity index (χ0n) is 12.5. The van der Waals surface area contributed by atoms with Crippen molar-refractivity contribution in [3.63, 3.8) is 0 Å². The van der Waals surface area contributed by atoms with Gasteiger partial charge in [-0.05, 0) is 31.4 Å². The van der Waals surface area contributed by atoms with Gasteiger partial charge in [0.15, 0.2) is 0 Å². The first-order valence-electron chi connectivity index (χ1n) is 7.62. The van der Waals surface area contributed by atoms with E-state index in [0.717, 1.165) is 31.4 Å². The van der Waals surface area contributed by atoms with E-state index < -0.39 is 5.97 Å². The van der Waals surface area contributed by atoms with E-state index in [0.29, 0.717) is 13.0 Å². The summed E-state index contributed by atoms with van der Waals surface area (Å²) in [5, 5.41) is 8.79. The van der Waals surface area contributed by atoms with Crippen molar-refractivity contribution in [1.29, 1.82) is 0 Å². The summed E-state index contributed by atoms with van der Waals surface area (Å²) in [5.74, 6) is -0.681. The van der Waals surface area contributed by atoms with E-state index in [1.807, 2.05) is 37.3 Å². The van der Waals surface area contributed by atoms with E-state index in [9.17, 15) is 9.59 Å². The third-order valence-corrected chi connectivity index (χ3v) is 4.31. The summed E-state index contributed by atoms with van der Waals surface area (Å²) in [6.07, 6.45) is 4.61. The van der Waals surface area contributed by atoms with E-state index >= 15 is 0 Å². The van der Waals surface area contributed by atoms with Gasteiger partial charge in [-0.25, -0.2) is 0 Å². The number of aliphatic carboxylic acids is 1. The van der Waals surface area contributed by atoms with E-state index in [-0.39, 0.29) is 17.7 Å². The molecule has 4 heteroatoms. The van der Waals surface area contributed by atoms with Gasteiger partial charge in [0.1, 0.15) is 0 Å². The number of amides is 1. The van der Waals surface area contributed by atoms with Gasteiger partial charge >= 0.3 is 5.97 Å². The van der Waals surface area contributed by atoms with Crippen molar-refractivity contribution in [2.75, 3.05) is 11.4 Å². The molecule has 1 fully saturated rings. The molecular weight excluding hydrogens is 266 g/mol. The Balaban J connectivity index is 2.15. The normalized spacial score (nSPS) is 16.6. The molecule has 1 amide bonds. The lowest BCUT2D eigenvalue weighted by Gasteiger charge is -2.31. The fraction of sp³-hybridized carbons (Fsp3) is 0.529. The predicted octanol–water partition coefficient (Wildman–Crippen LogP) is 3.46. The Labute approximate surface area is 125 Å². The maximum Gasteiger partial charge on any atom is 0.303 e. The van der Waals surface area contributed by atoms with E-state index in [2.05, 4.69) is 0 Å². The van der Waals surface area contributed by atoms with Gasteiger partial charge in [-0.2, -0.15) is 0 Å². The largest absolute Gasteiger partial charge is 0.481 e. The van der Waals surface area contributed by atoms with Crippen LogP contribution in [0.4, 0.5) is 5.69 Å². The minimum atomic E-state index is -0.817. The molecule has 0 unspecified atom stereocenters. The fourth-order valence-corrected chi connectivity index (χ4v) is 3.04. The summed E-state index contributed by atoms with van der Waals surface area (Å²) < 4.78 is 0. The second-order valence-electron chi connectivity index (χ2n) is 6.06. The molecule has 0 aliphatic heterocycles. The van der Waals surface area contributed by atoms with Crippen molar-refractivity contribution < 1.29 is 14.7 Å². The molecule has 0 atom stereocenters. The first kappa shape index (κ1) is 15.5. The Kier molecular flexibility index (Phi) is 4.99. The molecule has 21 heavy (non-hydrogen) atoms. The van der Waals surface area contributed by atoms with Crippen molar-refractivity contribution in [1.82, 2.24) is 0 Å². The highest BCUT2D eigenvalue weighted by Crippen LogP contribution is 2.40. The second-order valence-corrected chi connectivity index (χ2v) is 6.06. The van der Waals surface area contributed by atoms with Crippen LogP contribution in [0, 0.1) is 5.41 Å². The van der Waals surface area contributed by atoms with Crippen LogP contribution in [0.2, 0.25) is 0 Å². The number of anilines is 1. The minimum absolute atomic E-state index is 0.0906. The number of carboxylic acid groups (broad SMARTS) is 1. The van der Waals surface area contributed by atoms with Gasteiger partial charge in [0.25, 0.3) is 0 Å². The van der Waals surface area contributed by atoms with Crippen molar-refractivity contribution in [3.8, 4) is 0 Å². The minimum Gasteiger partial charge on any atom is -0.481 e. The highest BCUT2D eigenvalue weighted by molar-refractivity contribution is 5.97. The van der Waals surface area contributed by atoms with Crippen LogP contribution in [0.15, 0.2) is 30.3 Å². The molecule has 1 aromatic rings. The second kappa shape index (κ2) is 6.74. The van der Waals surface area contributed by atoms with Crippen LogP contribution in [0.1, 0.15) is 45.4 Å². The van der Waals surface area contributed by atoms with Gasteiger partial charge in [0.2, 0.25) is 5.91 Å². The Morgan fingerprint density at radius 3 is 2.38 bits per heavy atom. The first-order chi connectivity index (χ1) is 10.0. The topological polar surface area (TPSA) is 57.6 Å². The molecule has 1 N–H and O–H groups in total. The standard InChI is InChI=1S/C17H23NO3/c1-17(11-5-6-12-17)16(21)18(13-7-10-15(19)20)14-8-3-2-4-9-14/h2-4,8-9H,5-7,10-13H2,1H3,(H,19,20). The average molecular weight is 289 g/mol. The summed E-state index contributed by atoms with van der Waals surface area (Å²) in [6, 6.07) is 9.56. The Morgan fingerprint density at radius 2 is 1.81 bits per heavy atom. The number of rotatable bonds is 6. The molecule has 1 aliphatic carbocycles. The smallest absolute Gasteiger partial charge is 0.303 e. The highest BCUT2D eigenvalue weighted by Gasteiger charge is 2.39. The highest BCUT2D eigenvalue weighted by atomic mass is 16.4. The summed E-state index contributed by atoms with van der Waals surface area (Å²) in [6.45, 7) is 2.50. The molecule has 1 aromatic carbocycles. The molecule has 114 valence electrons. The molecule has 0 spiro atoms. The van der Waals surface area contributed by atoms with Gasteiger partial charge in [-0.1, -0.05) is 38.0 Å². The third kappa shape index (κ3) is 3.84. The monoisotopic (exact) mass is 289 g/mol. The maximum absolute atomic E-state index is 12.9. The van der Waals surface area contributed by atoms with E-state index in [1.54, 1.807) is 4.90 Å². The lowest BCUT2D eigenvalue weighted by Crippen LogP contribution is -2.42. The molecular formula is C17H23NO3. The summed E-state index contributed by atoms with van der Waals surface area (Å²) >= 11 is 0. The molecule has 0 saturated heterocycles. The molecule has 0 aromatic heterocycles. The zero-order valence-corrected chi connectivity index (χ0v) is 12.5. The summed E-state index contributed by atoms with van der Waals surface area (Å²) in [7, 11) is 0. The maximum atomic E-state index is 12.9. The van der Waals surface area contributed by atoms with Gasteiger partial charge < -0.3 is 10.0 Å². The Morgan fingerprint density at radius 1 is 1.19 bits per heavy atom. The number of carboxylic acids is 1. The van der Waals surface area contributed by atoms with Crippen molar-refractivity contribution in [2.45, 2.75) is 45.4 Å². The van der Waals surface area contributed by atoms with Crippen molar-refractivity contribution in [3.05, 3.63) is 30.3 Å². The summed E-state index contributed by atoms with van der Waals surface area (Å²) in [4.78, 5) is 25.4. The summed E-state index contributed by atoms with van der Waals surface area (Å²) in [5.41, 5.74) is 0.569. The predicted molar refractivity (Wildman–Crippen MR) is 82.2 cm³/mol. The van der Waals surface area contributed by atoms with Gasteiger partial charge in [-0.15, -0.1) is 0 Å². The van der Waals surface area contributed by atoms with Crippen LogP contribution in [-0.2, 0) is 9.59 Å². The van der Waals surface area contributed by atoms with Crippen LogP contribution in [0.5, 0.6) is 0 Å². The number of hydrogen-bond donors (Lipinski definition) is 1. The number of carbonyl (C=O) groups excluding carboxylic acids is 1. The Hall–Kier alpha value is -1.84. The van der Waals surface area contributed by atoms with E-state index in [4.69, 9.17) is 5.11 Å². The van der Waals surface area contributed by atoms with Crippen LogP contribution in [-0.4, -0.2) is 23.5 Å². The van der Waals surface area contributed by atoms with Gasteiger partial charge in [-0.3, -0.25) is 9.59 Å². The molecule has 0 radical (unpaired) electrons. The zero-order chi connectivity index (χ0) is 15.3. The number of nitrogens with zero attached hydrogens (tertiary/aromatic N) is 1. The first-order valence-corrected chi connectivity index (χ1v) is 7.62. The van der Waals surface area contributed by atoms with Crippen LogP contribution < -0.4 is 4.90 Å². The van der Waals surface area contributed by atoms with Crippen molar-refractivity contribution >= 4 is 17.6 Å². The van der Waals surface area contributed by atoms with Crippen LogP contribution in [0.25, 0.3) is 0 Å². The van der Waals surface area contributed by atoms with Gasteiger partial charge in [0.05, 0.1) is 0 Å². The molecule has 0 bridgehead atoms. The lowest BCUT2D eigenvalue weighted by atomic mass is 9.87. The SMILES string of the molecule is CC1(C(=O)N(CCCC(=O)O)c2ccccc2)CCCC1. The molecule has 4 nitrogen and oxygen atoms in total. The Bertz CT molecular complexity index is 492. The molecule has 0 heterocycles. The number of para-hydroxylation sites is 1. The average Bonchev–Trinajstić information content (AvgIpc) is 2.92. The number of hydrogen-bond acceptors (Lipinski definition) is 2. The number of carbonyl (C=O) groups is 2. The quantitative estimate of drug-likeness (QED) is 0.872. The third-order valence-electron chi connectivity index (χ3n) is 4.31. The number of benzene rings is 1. The van der Waals surface area contributed by atoms with Crippen LogP contribution in [0.3, 0.4) is 0 Å². The molecule has 1 aliphatic rings. The molecule has 2 rings (SSSR count). The lowest BCUT2D eigenvalue weighted by molar-refractivity contribution is -0.137. The van der Waals surface area contributed by atoms with Crippen LogP contribution >= 0.6 is 0 Å². The van der Waals surface area contributed by atoms with Crippen molar-refractivity contribution in [2.24, 2.45) is 5.41 Å². The fourth-order valence-electron chi connectivity index (χ4n) is 3.04. The van der Waals surface area contributed by atoms with Gasteiger partial charge in [0, 0.05) is 24.1 Å². The molecule has 1 saturated carbocycles.